The molecule has 2 unspecified atom stereocenters. The topological polar surface area (TPSA) is 121 Å². The van der Waals surface area contributed by atoms with Gasteiger partial charge >= 0.3 is 6.09 Å². The zero-order chi connectivity index (χ0) is 29.4. The van der Waals surface area contributed by atoms with E-state index in [2.05, 4.69) is 15.4 Å². The van der Waals surface area contributed by atoms with Crippen LogP contribution in [0.1, 0.15) is 69.1 Å². The van der Waals surface area contributed by atoms with E-state index in [1.165, 1.54) is 0 Å². The predicted octanol–water partition coefficient (Wildman–Crippen LogP) is 4.54. The van der Waals surface area contributed by atoms with Crippen molar-refractivity contribution in [3.8, 4) is 17.1 Å². The lowest BCUT2D eigenvalue weighted by Gasteiger charge is -2.43. The molecule has 11 nitrogen and oxygen atoms in total. The number of hydrogen-bond donors (Lipinski definition) is 1. The van der Waals surface area contributed by atoms with Crippen molar-refractivity contribution < 1.29 is 23.8 Å². The highest BCUT2D eigenvalue weighted by molar-refractivity contribution is 5.95. The minimum Gasteiger partial charge on any atom is -0.466 e. The number of methoxy groups -OCH3 is 1. The Bertz CT molecular complexity index is 1400. The Kier molecular flexibility index (Phi) is 8.34. The highest BCUT2D eigenvalue weighted by atomic mass is 16.7. The van der Waals surface area contributed by atoms with Gasteiger partial charge in [-0.05, 0) is 67.4 Å². The second-order valence-corrected chi connectivity index (χ2v) is 11.6. The highest BCUT2D eigenvalue weighted by Gasteiger charge is 2.37. The molecule has 0 aliphatic carbocycles. The fraction of sp³-hybridized carbons (Fsp3) is 0.552. The molecular weight excluding hydrogens is 512 g/mol. The molecule has 1 N–H and O–H groups in total. The summed E-state index contributed by atoms with van der Waals surface area (Å²) in [6, 6.07) is 1.68. The molecular formula is C29H40N6O5. The number of likely N-dealkylation sites (tertiary alicyclic amines) is 1. The van der Waals surface area contributed by atoms with E-state index in [0.717, 1.165) is 16.5 Å². The van der Waals surface area contributed by atoms with Gasteiger partial charge in [0.05, 0.1) is 22.3 Å². The summed E-state index contributed by atoms with van der Waals surface area (Å²) in [5.41, 5.74) is 2.76. The monoisotopic (exact) mass is 552 g/mol. The van der Waals surface area contributed by atoms with Gasteiger partial charge in [0.15, 0.2) is 12.6 Å². The average Bonchev–Trinajstić information content (AvgIpc) is 3.22. The molecule has 1 saturated heterocycles. The fourth-order valence-electron chi connectivity index (χ4n) is 5.36. The quantitative estimate of drug-likeness (QED) is 0.443. The number of carbonyl (C=O) groups is 2. The van der Waals surface area contributed by atoms with Crippen LogP contribution in [0.3, 0.4) is 0 Å². The van der Waals surface area contributed by atoms with E-state index in [1.807, 2.05) is 60.9 Å². The Balaban J connectivity index is 1.53. The number of piperidine rings is 1. The molecule has 0 radical (unpaired) electrons. The van der Waals surface area contributed by atoms with Crippen molar-refractivity contribution in [2.24, 2.45) is 7.05 Å². The van der Waals surface area contributed by atoms with Crippen molar-refractivity contribution in [3.05, 3.63) is 35.3 Å². The van der Waals surface area contributed by atoms with Crippen molar-refractivity contribution in [3.63, 3.8) is 0 Å². The van der Waals surface area contributed by atoms with Crippen LogP contribution in [0.5, 0.6) is 5.75 Å². The Morgan fingerprint density at radius 2 is 1.82 bits per heavy atom. The number of aryl methyl sites for hydroxylation is 3. The van der Waals surface area contributed by atoms with E-state index >= 15 is 0 Å². The number of ether oxygens (including phenoxy) is 3. The Morgan fingerprint density at radius 3 is 2.42 bits per heavy atom. The van der Waals surface area contributed by atoms with Crippen molar-refractivity contribution in [2.75, 3.05) is 13.9 Å². The van der Waals surface area contributed by atoms with E-state index in [-0.39, 0.29) is 36.9 Å². The normalized spacial score (nSPS) is 19.5. The number of aromatic nitrogens is 4. The van der Waals surface area contributed by atoms with E-state index in [1.54, 1.807) is 29.8 Å². The summed E-state index contributed by atoms with van der Waals surface area (Å²) in [6.07, 6.45) is 4.40. The van der Waals surface area contributed by atoms with Crippen LogP contribution in [0.15, 0.2) is 18.5 Å². The molecule has 11 heteroatoms. The van der Waals surface area contributed by atoms with Crippen LogP contribution >= 0.6 is 0 Å². The summed E-state index contributed by atoms with van der Waals surface area (Å²) in [5, 5.41) is 8.60. The van der Waals surface area contributed by atoms with Gasteiger partial charge in [-0.3, -0.25) is 9.48 Å². The molecule has 2 aromatic heterocycles. The summed E-state index contributed by atoms with van der Waals surface area (Å²) < 4.78 is 18.4. The number of benzene rings is 1. The van der Waals surface area contributed by atoms with Gasteiger partial charge < -0.3 is 24.4 Å². The van der Waals surface area contributed by atoms with Gasteiger partial charge in [-0.2, -0.15) is 5.10 Å². The fourth-order valence-corrected chi connectivity index (χ4v) is 5.36. The van der Waals surface area contributed by atoms with Gasteiger partial charge in [0, 0.05) is 55.6 Å². The first-order valence-corrected chi connectivity index (χ1v) is 13.5. The maximum Gasteiger partial charge on any atom is 0.410 e. The van der Waals surface area contributed by atoms with E-state index in [9.17, 15) is 9.59 Å². The first-order chi connectivity index (χ1) is 18.8. The van der Waals surface area contributed by atoms with E-state index < -0.39 is 5.60 Å². The van der Waals surface area contributed by atoms with Crippen LogP contribution in [0.2, 0.25) is 0 Å². The van der Waals surface area contributed by atoms with Crippen molar-refractivity contribution in [2.45, 2.75) is 85.0 Å². The van der Waals surface area contributed by atoms with Gasteiger partial charge in [0.2, 0.25) is 0 Å². The maximum absolute atomic E-state index is 13.3. The molecule has 1 aliphatic heterocycles. The molecule has 40 heavy (non-hydrogen) atoms. The first kappa shape index (κ1) is 29.3. The summed E-state index contributed by atoms with van der Waals surface area (Å²) in [6.45, 7) is 13.3. The van der Waals surface area contributed by atoms with Crippen LogP contribution in [0.4, 0.5) is 4.79 Å². The zero-order valence-corrected chi connectivity index (χ0v) is 24.9. The second kappa shape index (κ2) is 11.4. The molecule has 1 aliphatic rings. The Morgan fingerprint density at radius 1 is 1.15 bits per heavy atom. The van der Waals surface area contributed by atoms with Gasteiger partial charge in [-0.15, -0.1) is 0 Å². The SMILES string of the molecule is COCOc1c(-c2ncc(C(=O)NC3CC(C)N(C(=O)OC(C)(C)C)C(C)C3)c(C)n2)cc2cn(C)nc2c1C. The second-order valence-electron chi connectivity index (χ2n) is 11.6. The van der Waals surface area contributed by atoms with Crippen LogP contribution in [-0.4, -0.2) is 74.3 Å². The summed E-state index contributed by atoms with van der Waals surface area (Å²) in [7, 11) is 3.43. The van der Waals surface area contributed by atoms with Crippen LogP contribution in [0.25, 0.3) is 22.3 Å². The lowest BCUT2D eigenvalue weighted by atomic mass is 9.93. The van der Waals surface area contributed by atoms with Gasteiger partial charge in [-0.25, -0.2) is 14.8 Å². The Hall–Kier alpha value is -3.73. The summed E-state index contributed by atoms with van der Waals surface area (Å²) in [5.74, 6) is 0.792. The molecule has 3 heterocycles. The van der Waals surface area contributed by atoms with Gasteiger partial charge in [-0.1, -0.05) is 0 Å². The number of carbonyl (C=O) groups excluding carboxylic acids is 2. The molecule has 0 saturated carbocycles. The van der Waals surface area contributed by atoms with E-state index in [0.29, 0.717) is 41.2 Å². The molecule has 2 amide bonds. The molecule has 4 rings (SSSR count). The van der Waals surface area contributed by atoms with Crippen LogP contribution in [-0.2, 0) is 16.5 Å². The molecule has 1 aromatic carbocycles. The minimum atomic E-state index is -0.565. The molecule has 1 fully saturated rings. The molecule has 0 spiro atoms. The number of fused-ring (bicyclic) bond motifs is 1. The Labute approximate surface area is 235 Å². The molecule has 0 bridgehead atoms. The lowest BCUT2D eigenvalue weighted by Crippen LogP contribution is -2.56. The first-order valence-electron chi connectivity index (χ1n) is 13.5. The van der Waals surface area contributed by atoms with Crippen molar-refractivity contribution >= 4 is 22.9 Å². The third-order valence-electron chi connectivity index (χ3n) is 7.02. The number of rotatable bonds is 6. The van der Waals surface area contributed by atoms with Crippen molar-refractivity contribution in [1.82, 2.24) is 30.0 Å². The number of nitrogens with one attached hydrogen (secondary N) is 1. The third-order valence-corrected chi connectivity index (χ3v) is 7.02. The number of nitrogens with zero attached hydrogens (tertiary/aromatic N) is 5. The van der Waals surface area contributed by atoms with Crippen LogP contribution < -0.4 is 10.1 Å². The highest BCUT2D eigenvalue weighted by Crippen LogP contribution is 2.36. The molecule has 3 aromatic rings. The van der Waals surface area contributed by atoms with Gasteiger partial charge in [0.25, 0.3) is 5.91 Å². The largest absolute Gasteiger partial charge is 0.466 e. The third kappa shape index (κ3) is 6.19. The predicted molar refractivity (Wildman–Crippen MR) is 151 cm³/mol. The van der Waals surface area contributed by atoms with Crippen LogP contribution in [0, 0.1) is 13.8 Å². The van der Waals surface area contributed by atoms with E-state index in [4.69, 9.17) is 19.2 Å². The standard InChI is InChI=1S/C29H40N6O5/c1-16-10-21(11-17(2)35(16)28(37)40-29(5,6)7)32-27(36)23-13-30-26(31-19(23)4)22-12-20-14-34(8)33-24(20)18(3)25(22)39-15-38-9/h12-14,16-17,21H,10-11,15H2,1-9H3,(H,32,36). The number of amides is 2. The summed E-state index contributed by atoms with van der Waals surface area (Å²) in [4.78, 5) is 37.0. The zero-order valence-electron chi connectivity index (χ0n) is 24.9. The van der Waals surface area contributed by atoms with Gasteiger partial charge in [0.1, 0.15) is 11.4 Å². The average molecular weight is 553 g/mol. The lowest BCUT2D eigenvalue weighted by molar-refractivity contribution is -0.00355. The van der Waals surface area contributed by atoms with Crippen molar-refractivity contribution in [1.29, 1.82) is 0 Å². The smallest absolute Gasteiger partial charge is 0.410 e. The minimum absolute atomic E-state index is 0.0647. The maximum atomic E-state index is 13.3. The molecule has 2 atom stereocenters. The summed E-state index contributed by atoms with van der Waals surface area (Å²) >= 11 is 0. The molecule has 216 valence electrons. The number of hydrogen-bond acceptors (Lipinski definition) is 8.